The number of methoxy groups -OCH3 is 2. The van der Waals surface area contributed by atoms with Gasteiger partial charge in [-0.2, -0.15) is 0 Å². The lowest BCUT2D eigenvalue weighted by molar-refractivity contribution is -0.115. The number of hydrogen-bond donors (Lipinski definition) is 1. The summed E-state index contributed by atoms with van der Waals surface area (Å²) in [6, 6.07) is 13.0. The number of benzene rings is 2. The fourth-order valence-corrected chi connectivity index (χ4v) is 2.65. The molecule has 0 atom stereocenters. The van der Waals surface area contributed by atoms with E-state index < -0.39 is 0 Å². The first kappa shape index (κ1) is 20.0. The molecule has 0 spiro atoms. The predicted octanol–water partition coefficient (Wildman–Crippen LogP) is 4.50. The van der Waals surface area contributed by atoms with Crippen LogP contribution < -0.4 is 14.8 Å². The summed E-state index contributed by atoms with van der Waals surface area (Å²) in [5.74, 6) is 1.28. The van der Waals surface area contributed by atoms with Crippen LogP contribution in [0, 0.1) is 0 Å². The Hall–Kier alpha value is -3.34. The average molecular weight is 364 g/mol. The standard InChI is InChI=1S/C22H24N2O3/c1-5-17(11-12-23-2)20-10-9-18(15-21(20)27-4)24-22(25)14-16-7-6-8-19(13-16)26-3/h5-13,15H,2,14H2,1,3-4H3,(H,24,25)/b12-11-,17-5+. The van der Waals surface area contributed by atoms with Crippen LogP contribution in [0.25, 0.3) is 5.57 Å². The highest BCUT2D eigenvalue weighted by molar-refractivity contribution is 5.93. The van der Waals surface area contributed by atoms with Crippen molar-refractivity contribution in [1.82, 2.24) is 0 Å². The van der Waals surface area contributed by atoms with Crippen molar-refractivity contribution in [3.05, 3.63) is 71.9 Å². The largest absolute Gasteiger partial charge is 0.497 e. The van der Waals surface area contributed by atoms with Crippen molar-refractivity contribution in [2.45, 2.75) is 13.3 Å². The summed E-state index contributed by atoms with van der Waals surface area (Å²) in [5.41, 5.74) is 3.41. The van der Waals surface area contributed by atoms with Crippen molar-refractivity contribution in [3.63, 3.8) is 0 Å². The van der Waals surface area contributed by atoms with Crippen LogP contribution in [-0.4, -0.2) is 26.8 Å². The third-order valence-corrected chi connectivity index (χ3v) is 3.97. The zero-order valence-electron chi connectivity index (χ0n) is 15.9. The topological polar surface area (TPSA) is 59.9 Å². The van der Waals surface area contributed by atoms with E-state index in [9.17, 15) is 4.79 Å². The average Bonchev–Trinajstić information content (AvgIpc) is 2.69. The number of amides is 1. The van der Waals surface area contributed by atoms with E-state index in [1.54, 1.807) is 26.5 Å². The molecule has 5 heteroatoms. The Kier molecular flexibility index (Phi) is 7.37. The van der Waals surface area contributed by atoms with E-state index in [4.69, 9.17) is 9.47 Å². The Labute approximate surface area is 160 Å². The number of aliphatic imine (C=N–C) groups is 1. The third kappa shape index (κ3) is 5.57. The van der Waals surface area contributed by atoms with Gasteiger partial charge in [0.05, 0.1) is 20.6 Å². The molecule has 0 radical (unpaired) electrons. The molecule has 0 aliphatic carbocycles. The maximum atomic E-state index is 12.4. The molecule has 0 aliphatic heterocycles. The summed E-state index contributed by atoms with van der Waals surface area (Å²) in [6.07, 6.45) is 5.69. The van der Waals surface area contributed by atoms with Gasteiger partial charge >= 0.3 is 0 Å². The first-order chi connectivity index (χ1) is 13.1. The molecular weight excluding hydrogens is 340 g/mol. The van der Waals surface area contributed by atoms with Crippen molar-refractivity contribution in [3.8, 4) is 11.5 Å². The molecule has 140 valence electrons. The molecule has 27 heavy (non-hydrogen) atoms. The normalized spacial score (nSPS) is 11.3. The van der Waals surface area contributed by atoms with Crippen LogP contribution in [0.3, 0.4) is 0 Å². The highest BCUT2D eigenvalue weighted by atomic mass is 16.5. The number of carbonyl (C=O) groups is 1. The minimum atomic E-state index is -0.111. The van der Waals surface area contributed by atoms with E-state index in [0.717, 1.165) is 22.4 Å². The molecular formula is C22H24N2O3. The van der Waals surface area contributed by atoms with Gasteiger partial charge in [0.1, 0.15) is 11.5 Å². The summed E-state index contributed by atoms with van der Waals surface area (Å²) in [6.45, 7) is 5.38. The second-order valence-electron chi connectivity index (χ2n) is 5.73. The molecule has 0 aliphatic rings. The predicted molar refractivity (Wildman–Crippen MR) is 111 cm³/mol. The number of carbonyl (C=O) groups excluding carboxylic acids is 1. The van der Waals surface area contributed by atoms with Crippen LogP contribution in [0.5, 0.6) is 11.5 Å². The van der Waals surface area contributed by atoms with Crippen LogP contribution in [0.15, 0.2) is 65.8 Å². The molecule has 2 rings (SSSR count). The number of nitrogens with zero attached hydrogens (tertiary/aromatic N) is 1. The number of anilines is 1. The summed E-state index contributed by atoms with van der Waals surface area (Å²) >= 11 is 0. The lowest BCUT2D eigenvalue weighted by Gasteiger charge is -2.12. The van der Waals surface area contributed by atoms with Gasteiger partial charge in [0.2, 0.25) is 5.91 Å². The van der Waals surface area contributed by atoms with Crippen molar-refractivity contribution >= 4 is 23.9 Å². The second-order valence-corrected chi connectivity index (χ2v) is 5.73. The van der Waals surface area contributed by atoms with Gasteiger partial charge in [-0.05, 0) is 55.1 Å². The first-order valence-electron chi connectivity index (χ1n) is 8.51. The molecule has 1 amide bonds. The van der Waals surface area contributed by atoms with Crippen molar-refractivity contribution in [1.29, 1.82) is 0 Å². The molecule has 1 N–H and O–H groups in total. The molecule has 0 unspecified atom stereocenters. The Morgan fingerprint density at radius 3 is 2.67 bits per heavy atom. The molecule has 0 saturated heterocycles. The quantitative estimate of drug-likeness (QED) is 0.554. The van der Waals surface area contributed by atoms with Gasteiger partial charge in [0, 0.05) is 23.5 Å². The van der Waals surface area contributed by atoms with E-state index >= 15 is 0 Å². The summed E-state index contributed by atoms with van der Waals surface area (Å²) in [4.78, 5) is 16.1. The second kappa shape index (κ2) is 9.97. The molecule has 5 nitrogen and oxygen atoms in total. The fraction of sp³-hybridized carbons (Fsp3) is 0.182. The number of ether oxygens (including phenoxy) is 2. The Balaban J connectivity index is 2.15. The molecule has 0 saturated carbocycles. The number of rotatable bonds is 8. The highest BCUT2D eigenvalue weighted by Gasteiger charge is 2.10. The molecule has 0 fully saturated rings. The maximum absolute atomic E-state index is 12.4. The van der Waals surface area contributed by atoms with E-state index in [0.29, 0.717) is 11.4 Å². The van der Waals surface area contributed by atoms with Gasteiger partial charge in [-0.3, -0.25) is 9.79 Å². The third-order valence-electron chi connectivity index (χ3n) is 3.97. The van der Waals surface area contributed by atoms with Gasteiger partial charge in [-0.1, -0.05) is 18.2 Å². The first-order valence-corrected chi connectivity index (χ1v) is 8.51. The lowest BCUT2D eigenvalue weighted by Crippen LogP contribution is -2.14. The van der Waals surface area contributed by atoms with Crippen molar-refractivity contribution in [2.24, 2.45) is 4.99 Å². The van der Waals surface area contributed by atoms with Crippen LogP contribution in [-0.2, 0) is 11.2 Å². The maximum Gasteiger partial charge on any atom is 0.228 e. The van der Waals surface area contributed by atoms with Crippen LogP contribution in [0.1, 0.15) is 18.1 Å². The molecule has 0 bridgehead atoms. The molecule has 2 aromatic rings. The Morgan fingerprint density at radius 1 is 1.19 bits per heavy atom. The van der Waals surface area contributed by atoms with E-state index in [2.05, 4.69) is 17.0 Å². The van der Waals surface area contributed by atoms with E-state index in [-0.39, 0.29) is 12.3 Å². The minimum Gasteiger partial charge on any atom is -0.497 e. The lowest BCUT2D eigenvalue weighted by atomic mass is 10.0. The monoisotopic (exact) mass is 364 g/mol. The summed E-state index contributed by atoms with van der Waals surface area (Å²) < 4.78 is 10.7. The minimum absolute atomic E-state index is 0.111. The summed E-state index contributed by atoms with van der Waals surface area (Å²) in [7, 11) is 3.20. The Bertz CT molecular complexity index is 870. The van der Waals surface area contributed by atoms with Gasteiger partial charge in [0.15, 0.2) is 0 Å². The number of hydrogen-bond acceptors (Lipinski definition) is 4. The van der Waals surface area contributed by atoms with Crippen LogP contribution in [0.4, 0.5) is 5.69 Å². The van der Waals surface area contributed by atoms with Gasteiger partial charge < -0.3 is 14.8 Å². The van der Waals surface area contributed by atoms with Gasteiger partial charge in [-0.15, -0.1) is 0 Å². The zero-order chi connectivity index (χ0) is 19.6. The van der Waals surface area contributed by atoms with Crippen molar-refractivity contribution < 1.29 is 14.3 Å². The summed E-state index contributed by atoms with van der Waals surface area (Å²) in [5, 5.41) is 2.90. The van der Waals surface area contributed by atoms with Gasteiger partial charge in [0.25, 0.3) is 0 Å². The SMILES string of the molecule is C=N/C=C\C(=C/C)c1ccc(NC(=O)Cc2cccc(OC)c2)cc1OC. The van der Waals surface area contributed by atoms with E-state index in [1.807, 2.05) is 55.5 Å². The molecule has 2 aromatic carbocycles. The van der Waals surface area contributed by atoms with E-state index in [1.165, 1.54) is 0 Å². The highest BCUT2D eigenvalue weighted by Crippen LogP contribution is 2.30. The van der Waals surface area contributed by atoms with Crippen LogP contribution in [0.2, 0.25) is 0 Å². The number of nitrogens with one attached hydrogen (secondary N) is 1. The number of allylic oxidation sites excluding steroid dienone is 3. The van der Waals surface area contributed by atoms with Gasteiger partial charge in [-0.25, -0.2) is 0 Å². The zero-order valence-corrected chi connectivity index (χ0v) is 15.9. The Morgan fingerprint density at radius 2 is 2.00 bits per heavy atom. The fourth-order valence-electron chi connectivity index (χ4n) is 2.65. The van der Waals surface area contributed by atoms with Crippen molar-refractivity contribution in [2.75, 3.05) is 19.5 Å². The van der Waals surface area contributed by atoms with Crippen LogP contribution >= 0.6 is 0 Å². The molecule has 0 heterocycles. The molecule has 0 aromatic heterocycles. The smallest absolute Gasteiger partial charge is 0.228 e.